The number of anilines is 1. The first-order valence-electron chi connectivity index (χ1n) is 9.73. The maximum atomic E-state index is 13.6. The highest BCUT2D eigenvalue weighted by atomic mass is 79.9. The van der Waals surface area contributed by atoms with E-state index in [1.165, 1.54) is 12.1 Å². The number of para-hydroxylation sites is 1. The van der Waals surface area contributed by atoms with Crippen LogP contribution in [0.15, 0.2) is 58.2 Å². The van der Waals surface area contributed by atoms with Crippen LogP contribution in [0, 0.1) is 0 Å². The summed E-state index contributed by atoms with van der Waals surface area (Å²) in [5.41, 5.74) is -1.85. The summed E-state index contributed by atoms with van der Waals surface area (Å²) in [5.74, 6) is -3.04. The van der Waals surface area contributed by atoms with Crippen molar-refractivity contribution in [3.8, 4) is 0 Å². The first-order valence-corrected chi connectivity index (χ1v) is 10.5. The van der Waals surface area contributed by atoms with Crippen LogP contribution in [0.2, 0.25) is 0 Å². The third kappa shape index (κ3) is 2.85. The van der Waals surface area contributed by atoms with Crippen molar-refractivity contribution in [3.63, 3.8) is 0 Å². The molecule has 4 rings (SSSR count). The molecule has 0 saturated carbocycles. The number of Topliss-reactive ketones (excluding diaryl/α,β-unsaturated/α-hetero) is 2. The number of nitrogens with one attached hydrogen (secondary N) is 1. The molecule has 1 heterocycles. The van der Waals surface area contributed by atoms with Gasteiger partial charge in [0.15, 0.2) is 5.78 Å². The molecule has 0 spiro atoms. The Labute approximate surface area is 186 Å². The second kappa shape index (κ2) is 7.77. The fraction of sp³-hybridized carbons (Fsp3) is 0.217. The zero-order valence-electron chi connectivity index (χ0n) is 16.8. The predicted octanol–water partition coefficient (Wildman–Crippen LogP) is 3.57. The predicted molar refractivity (Wildman–Crippen MR) is 115 cm³/mol. The van der Waals surface area contributed by atoms with E-state index in [1.807, 2.05) is 0 Å². The molecule has 0 saturated heterocycles. The minimum atomic E-state index is -2.24. The summed E-state index contributed by atoms with van der Waals surface area (Å²) >= 11 is 3.41. The van der Waals surface area contributed by atoms with Gasteiger partial charge in [-0.05, 0) is 35.8 Å². The van der Waals surface area contributed by atoms with Crippen molar-refractivity contribution < 1.29 is 28.7 Å². The van der Waals surface area contributed by atoms with Gasteiger partial charge in [0.05, 0.1) is 30.2 Å². The van der Waals surface area contributed by atoms with Crippen molar-refractivity contribution in [1.29, 1.82) is 0 Å². The van der Waals surface area contributed by atoms with Crippen molar-refractivity contribution in [2.75, 3.05) is 18.5 Å². The number of carbonyl (C=O) groups excluding carboxylic acids is 4. The molecule has 0 radical (unpaired) electrons. The minimum absolute atomic E-state index is 0.0297. The van der Waals surface area contributed by atoms with E-state index in [0.29, 0.717) is 10.2 Å². The lowest BCUT2D eigenvalue weighted by atomic mass is 9.65. The molecule has 2 aromatic rings. The van der Waals surface area contributed by atoms with Gasteiger partial charge in [-0.15, -0.1) is 0 Å². The smallest absolute Gasteiger partial charge is 0.333 e. The number of ketones is 2. The van der Waals surface area contributed by atoms with Crippen LogP contribution in [-0.4, -0.2) is 36.7 Å². The third-order valence-corrected chi connectivity index (χ3v) is 5.99. The van der Waals surface area contributed by atoms with Gasteiger partial charge >= 0.3 is 11.9 Å². The number of hydrogen-bond donors (Lipinski definition) is 1. The van der Waals surface area contributed by atoms with Gasteiger partial charge in [-0.25, -0.2) is 0 Å². The Morgan fingerprint density at radius 3 is 2.06 bits per heavy atom. The van der Waals surface area contributed by atoms with E-state index >= 15 is 0 Å². The van der Waals surface area contributed by atoms with E-state index in [2.05, 4.69) is 21.2 Å². The van der Waals surface area contributed by atoms with Crippen molar-refractivity contribution in [1.82, 2.24) is 0 Å². The van der Waals surface area contributed by atoms with Gasteiger partial charge in [0.1, 0.15) is 0 Å². The molecule has 0 bridgehead atoms. The van der Waals surface area contributed by atoms with Gasteiger partial charge in [-0.3, -0.25) is 19.2 Å². The fourth-order valence-electron chi connectivity index (χ4n) is 4.06. The molecule has 0 aromatic heterocycles. The Kier molecular flexibility index (Phi) is 5.26. The van der Waals surface area contributed by atoms with Crippen molar-refractivity contribution >= 4 is 45.1 Å². The number of fused-ring (bicyclic) bond motifs is 2. The Morgan fingerprint density at radius 2 is 1.48 bits per heavy atom. The SMILES string of the molecule is CCOC(=O)C1(C(=O)OCC)C2=C(Nc3c(Br)cccc31)C(=O)c1ccccc1C2=O. The van der Waals surface area contributed by atoms with Crippen LogP contribution >= 0.6 is 15.9 Å². The van der Waals surface area contributed by atoms with Crippen LogP contribution in [-0.2, 0) is 24.5 Å². The van der Waals surface area contributed by atoms with Crippen molar-refractivity contribution in [3.05, 3.63) is 74.9 Å². The van der Waals surface area contributed by atoms with Gasteiger partial charge in [0.2, 0.25) is 11.2 Å². The zero-order valence-corrected chi connectivity index (χ0v) is 18.4. The van der Waals surface area contributed by atoms with Gasteiger partial charge in [-0.1, -0.05) is 36.4 Å². The molecule has 2 aliphatic rings. The molecule has 1 aliphatic heterocycles. The number of benzene rings is 2. The summed E-state index contributed by atoms with van der Waals surface area (Å²) in [6.07, 6.45) is 0. The minimum Gasteiger partial charge on any atom is -0.465 e. The molecular weight excluding hydrogens is 466 g/mol. The average molecular weight is 484 g/mol. The average Bonchev–Trinajstić information content (AvgIpc) is 2.76. The molecule has 8 heteroatoms. The van der Waals surface area contributed by atoms with E-state index in [1.54, 1.807) is 44.2 Å². The molecule has 0 amide bonds. The van der Waals surface area contributed by atoms with Crippen LogP contribution in [0.3, 0.4) is 0 Å². The van der Waals surface area contributed by atoms with E-state index < -0.39 is 28.9 Å². The maximum absolute atomic E-state index is 13.6. The summed E-state index contributed by atoms with van der Waals surface area (Å²) in [6, 6.07) is 11.2. The number of allylic oxidation sites excluding steroid dienone is 1. The number of carbonyl (C=O) groups is 4. The second-order valence-electron chi connectivity index (χ2n) is 6.93. The van der Waals surface area contributed by atoms with Crippen LogP contribution in [0.5, 0.6) is 0 Å². The second-order valence-corrected chi connectivity index (χ2v) is 7.79. The fourth-order valence-corrected chi connectivity index (χ4v) is 4.53. The van der Waals surface area contributed by atoms with Gasteiger partial charge < -0.3 is 14.8 Å². The summed E-state index contributed by atoms with van der Waals surface area (Å²) in [7, 11) is 0. The highest BCUT2D eigenvalue weighted by Gasteiger charge is 2.62. The van der Waals surface area contributed by atoms with Gasteiger partial charge in [0.25, 0.3) is 0 Å². The standard InChI is InChI=1S/C23H18BrNO6/c1-3-30-21(28)23(22(29)31-4-2)14-10-7-11-15(24)17(14)25-18-16(23)19(26)12-8-5-6-9-13(12)20(18)27/h5-11,25H,3-4H2,1-2H3. The molecular formula is C23H18BrNO6. The van der Waals surface area contributed by atoms with Crippen molar-refractivity contribution in [2.45, 2.75) is 19.3 Å². The number of ether oxygens (including phenoxy) is 2. The quantitative estimate of drug-likeness (QED) is 0.524. The first kappa shape index (κ1) is 21.0. The number of hydrogen-bond acceptors (Lipinski definition) is 7. The molecule has 158 valence electrons. The monoisotopic (exact) mass is 483 g/mol. The molecule has 31 heavy (non-hydrogen) atoms. The summed E-state index contributed by atoms with van der Waals surface area (Å²) in [6.45, 7) is 3.13. The van der Waals surface area contributed by atoms with Gasteiger partial charge in [0, 0.05) is 21.2 Å². The van der Waals surface area contributed by atoms with Crippen molar-refractivity contribution in [2.24, 2.45) is 0 Å². The summed E-state index contributed by atoms with van der Waals surface area (Å²) in [5, 5.41) is 2.98. The van der Waals surface area contributed by atoms with Crippen LogP contribution in [0.1, 0.15) is 40.1 Å². The Morgan fingerprint density at radius 1 is 0.903 bits per heavy atom. The molecule has 1 aliphatic carbocycles. The highest BCUT2D eigenvalue weighted by molar-refractivity contribution is 9.10. The lowest BCUT2D eigenvalue weighted by Gasteiger charge is -2.39. The Bertz CT molecular complexity index is 1160. The molecule has 0 atom stereocenters. The molecule has 0 unspecified atom stereocenters. The largest absolute Gasteiger partial charge is 0.465 e. The Balaban J connectivity index is 2.13. The first-order chi connectivity index (χ1) is 14.9. The third-order valence-electron chi connectivity index (χ3n) is 5.33. The highest BCUT2D eigenvalue weighted by Crippen LogP contribution is 2.50. The lowest BCUT2D eigenvalue weighted by Crippen LogP contribution is -2.54. The number of rotatable bonds is 4. The van der Waals surface area contributed by atoms with Crippen LogP contribution in [0.25, 0.3) is 0 Å². The van der Waals surface area contributed by atoms with E-state index in [0.717, 1.165) is 0 Å². The topological polar surface area (TPSA) is 98.8 Å². The molecule has 0 fully saturated rings. The lowest BCUT2D eigenvalue weighted by molar-refractivity contribution is -0.162. The van der Waals surface area contributed by atoms with E-state index in [9.17, 15) is 19.2 Å². The number of halogens is 1. The molecule has 1 N–H and O–H groups in total. The van der Waals surface area contributed by atoms with E-state index in [-0.39, 0.29) is 41.2 Å². The maximum Gasteiger partial charge on any atom is 0.333 e. The molecule has 2 aromatic carbocycles. The van der Waals surface area contributed by atoms with Gasteiger partial charge in [-0.2, -0.15) is 0 Å². The van der Waals surface area contributed by atoms with Crippen LogP contribution in [0.4, 0.5) is 5.69 Å². The normalized spacial score (nSPS) is 16.0. The summed E-state index contributed by atoms with van der Waals surface area (Å²) in [4.78, 5) is 54.0. The van der Waals surface area contributed by atoms with E-state index in [4.69, 9.17) is 9.47 Å². The molecule has 7 nitrogen and oxygen atoms in total. The Hall–Kier alpha value is -3.26. The number of esters is 2. The summed E-state index contributed by atoms with van der Waals surface area (Å²) < 4.78 is 11.1. The van der Waals surface area contributed by atoms with Crippen LogP contribution < -0.4 is 5.32 Å². The zero-order chi connectivity index (χ0) is 22.3.